The predicted octanol–water partition coefficient (Wildman–Crippen LogP) is 1.79. The van der Waals surface area contributed by atoms with Crippen molar-refractivity contribution in [1.82, 2.24) is 10.1 Å². The Morgan fingerprint density at radius 2 is 2.32 bits per heavy atom. The van der Waals surface area contributed by atoms with E-state index in [0.29, 0.717) is 12.5 Å². The average Bonchev–Trinajstić information content (AvgIpc) is 3.05. The number of aromatic nitrogens is 2. The summed E-state index contributed by atoms with van der Waals surface area (Å²) in [6, 6.07) is 8.06. The average molecular weight is 259 g/mol. The third-order valence-electron chi connectivity index (χ3n) is 3.57. The minimum Gasteiger partial charge on any atom is -0.383 e. The van der Waals surface area contributed by atoms with Crippen molar-refractivity contribution >= 4 is 0 Å². The van der Waals surface area contributed by atoms with Crippen molar-refractivity contribution < 1.29 is 9.26 Å². The Morgan fingerprint density at radius 1 is 1.47 bits per heavy atom. The highest BCUT2D eigenvalue weighted by molar-refractivity contribution is 5.38. The Morgan fingerprint density at radius 3 is 3.16 bits per heavy atom. The number of benzene rings is 1. The maximum absolute atomic E-state index is 5.89. The summed E-state index contributed by atoms with van der Waals surface area (Å²) in [4.78, 5) is 4.43. The maximum atomic E-state index is 5.89. The van der Waals surface area contributed by atoms with E-state index < -0.39 is 0 Å². The lowest BCUT2D eigenvalue weighted by molar-refractivity contribution is 0.166. The lowest BCUT2D eigenvalue weighted by atomic mass is 10.0. The summed E-state index contributed by atoms with van der Waals surface area (Å²) in [7, 11) is 1.60. The van der Waals surface area contributed by atoms with Crippen LogP contribution in [-0.4, -0.2) is 23.9 Å². The molecule has 2 atom stereocenters. The zero-order chi connectivity index (χ0) is 13.2. The smallest absolute Gasteiger partial charge is 0.245 e. The molecule has 0 bridgehead atoms. The fourth-order valence-corrected chi connectivity index (χ4v) is 2.62. The van der Waals surface area contributed by atoms with Crippen molar-refractivity contribution in [3.63, 3.8) is 0 Å². The Kier molecular flexibility index (Phi) is 3.31. The Balaban J connectivity index is 1.85. The second kappa shape index (κ2) is 5.11. The number of aryl methyl sites for hydroxylation is 1. The van der Waals surface area contributed by atoms with Gasteiger partial charge in [0.1, 0.15) is 6.04 Å². The molecule has 5 nitrogen and oxygen atoms in total. The molecule has 1 aromatic heterocycles. The van der Waals surface area contributed by atoms with E-state index >= 15 is 0 Å². The molecule has 2 aromatic rings. The summed E-state index contributed by atoms with van der Waals surface area (Å²) in [5, 5.41) is 4.08. The molecule has 2 N–H and O–H groups in total. The van der Waals surface area contributed by atoms with E-state index in [1.165, 1.54) is 11.1 Å². The van der Waals surface area contributed by atoms with E-state index in [1.54, 1.807) is 7.11 Å². The third kappa shape index (κ3) is 2.27. The molecule has 19 heavy (non-hydrogen) atoms. The van der Waals surface area contributed by atoms with Crippen molar-refractivity contribution in [3.8, 4) is 0 Å². The SMILES string of the molecule is COCC(N)c1nc(C2CCc3ccccc32)no1. The van der Waals surface area contributed by atoms with Crippen LogP contribution in [0, 0.1) is 0 Å². The molecule has 0 saturated heterocycles. The number of nitrogens with two attached hydrogens (primary N) is 1. The number of hydrogen-bond acceptors (Lipinski definition) is 5. The Labute approximate surface area is 111 Å². The summed E-state index contributed by atoms with van der Waals surface area (Å²) in [5.41, 5.74) is 8.57. The topological polar surface area (TPSA) is 74.2 Å². The van der Waals surface area contributed by atoms with Gasteiger partial charge in [0.05, 0.1) is 6.61 Å². The van der Waals surface area contributed by atoms with Gasteiger partial charge in [0.2, 0.25) is 5.89 Å². The van der Waals surface area contributed by atoms with Gasteiger partial charge in [0, 0.05) is 13.0 Å². The number of nitrogens with zero attached hydrogens (tertiary/aromatic N) is 2. The molecule has 1 aliphatic carbocycles. The largest absolute Gasteiger partial charge is 0.383 e. The molecule has 0 aliphatic heterocycles. The highest BCUT2D eigenvalue weighted by Gasteiger charge is 2.28. The van der Waals surface area contributed by atoms with E-state index in [9.17, 15) is 0 Å². The van der Waals surface area contributed by atoms with Crippen LogP contribution in [0.5, 0.6) is 0 Å². The molecule has 0 saturated carbocycles. The van der Waals surface area contributed by atoms with Crippen LogP contribution in [0.25, 0.3) is 0 Å². The number of fused-ring (bicyclic) bond motifs is 1. The molecule has 1 aliphatic rings. The third-order valence-corrected chi connectivity index (χ3v) is 3.57. The maximum Gasteiger partial charge on any atom is 0.245 e. The van der Waals surface area contributed by atoms with Gasteiger partial charge in [-0.2, -0.15) is 4.98 Å². The minimum absolute atomic E-state index is 0.225. The van der Waals surface area contributed by atoms with Gasteiger partial charge in [-0.25, -0.2) is 0 Å². The normalized spacial score (nSPS) is 19.4. The van der Waals surface area contributed by atoms with Crippen molar-refractivity contribution in [2.45, 2.75) is 24.8 Å². The van der Waals surface area contributed by atoms with Crippen LogP contribution < -0.4 is 5.73 Å². The zero-order valence-electron chi connectivity index (χ0n) is 10.9. The van der Waals surface area contributed by atoms with Crippen LogP contribution in [0.15, 0.2) is 28.8 Å². The van der Waals surface area contributed by atoms with Crippen molar-refractivity contribution in [1.29, 1.82) is 0 Å². The van der Waals surface area contributed by atoms with Crippen LogP contribution in [0.1, 0.15) is 41.2 Å². The van der Waals surface area contributed by atoms with Gasteiger partial charge >= 0.3 is 0 Å². The molecule has 2 unspecified atom stereocenters. The predicted molar refractivity (Wildman–Crippen MR) is 69.7 cm³/mol. The van der Waals surface area contributed by atoms with Crippen molar-refractivity contribution in [2.24, 2.45) is 5.73 Å². The van der Waals surface area contributed by atoms with Crippen LogP contribution in [0.4, 0.5) is 0 Å². The fourth-order valence-electron chi connectivity index (χ4n) is 2.62. The summed E-state index contributed by atoms with van der Waals surface area (Å²) in [5.74, 6) is 1.40. The molecule has 0 amide bonds. The monoisotopic (exact) mass is 259 g/mol. The number of methoxy groups -OCH3 is 1. The summed E-state index contributed by atoms with van der Waals surface area (Å²) < 4.78 is 10.2. The number of hydrogen-bond donors (Lipinski definition) is 1. The molecule has 0 fully saturated rings. The van der Waals surface area contributed by atoms with Crippen LogP contribution >= 0.6 is 0 Å². The summed E-state index contributed by atoms with van der Waals surface area (Å²) in [6.07, 6.45) is 2.09. The van der Waals surface area contributed by atoms with Crippen LogP contribution in [-0.2, 0) is 11.2 Å². The molecule has 0 spiro atoms. The molecular formula is C14H17N3O2. The van der Waals surface area contributed by atoms with Gasteiger partial charge in [-0.05, 0) is 24.0 Å². The quantitative estimate of drug-likeness (QED) is 0.906. The van der Waals surface area contributed by atoms with Crippen molar-refractivity contribution in [3.05, 3.63) is 47.1 Å². The van der Waals surface area contributed by atoms with Gasteiger partial charge in [-0.15, -0.1) is 0 Å². The minimum atomic E-state index is -0.358. The highest BCUT2D eigenvalue weighted by atomic mass is 16.5. The molecular weight excluding hydrogens is 242 g/mol. The van der Waals surface area contributed by atoms with Gasteiger partial charge in [0.15, 0.2) is 5.82 Å². The molecule has 1 heterocycles. The second-order valence-electron chi connectivity index (χ2n) is 4.84. The van der Waals surface area contributed by atoms with Gasteiger partial charge in [-0.1, -0.05) is 29.4 Å². The lowest BCUT2D eigenvalue weighted by Gasteiger charge is -2.06. The number of ether oxygens (including phenoxy) is 1. The Bertz CT molecular complexity index is 567. The second-order valence-corrected chi connectivity index (χ2v) is 4.84. The molecule has 5 heteroatoms. The molecule has 100 valence electrons. The molecule has 1 aromatic carbocycles. The number of rotatable bonds is 4. The van der Waals surface area contributed by atoms with Gasteiger partial charge < -0.3 is 15.0 Å². The summed E-state index contributed by atoms with van der Waals surface area (Å²) >= 11 is 0. The van der Waals surface area contributed by atoms with E-state index in [4.69, 9.17) is 15.0 Å². The molecule has 3 rings (SSSR count). The fraction of sp³-hybridized carbons (Fsp3) is 0.429. The first-order valence-electron chi connectivity index (χ1n) is 6.45. The van der Waals surface area contributed by atoms with E-state index in [1.807, 2.05) is 0 Å². The first-order chi connectivity index (χ1) is 9.29. The van der Waals surface area contributed by atoms with E-state index in [-0.39, 0.29) is 12.0 Å². The lowest BCUT2D eigenvalue weighted by Crippen LogP contribution is -2.16. The highest BCUT2D eigenvalue weighted by Crippen LogP contribution is 2.36. The first kappa shape index (κ1) is 12.3. The van der Waals surface area contributed by atoms with Crippen molar-refractivity contribution in [2.75, 3.05) is 13.7 Å². The standard InChI is InChI=1S/C14H17N3O2/c1-18-8-12(15)14-16-13(17-19-14)11-7-6-9-4-2-3-5-10(9)11/h2-5,11-12H,6-8,15H2,1H3. The van der Waals surface area contributed by atoms with E-state index in [0.717, 1.165) is 18.7 Å². The van der Waals surface area contributed by atoms with Crippen LogP contribution in [0.2, 0.25) is 0 Å². The zero-order valence-corrected chi connectivity index (χ0v) is 10.9. The van der Waals surface area contributed by atoms with Crippen LogP contribution in [0.3, 0.4) is 0 Å². The molecule has 0 radical (unpaired) electrons. The van der Waals surface area contributed by atoms with Gasteiger partial charge in [-0.3, -0.25) is 0 Å². The first-order valence-corrected chi connectivity index (χ1v) is 6.45. The van der Waals surface area contributed by atoms with E-state index in [2.05, 4.69) is 34.4 Å². The van der Waals surface area contributed by atoms with Gasteiger partial charge in [0.25, 0.3) is 0 Å². The summed E-state index contributed by atoms with van der Waals surface area (Å²) in [6.45, 7) is 0.378. The Hall–Kier alpha value is -1.72.